The first-order chi connectivity index (χ1) is 11.3. The SMILES string of the molecule is C[C@@H](NC(=O)c1ccc(C#Cc2cccc(F)c2)nn1)C(C)(C)O. The summed E-state index contributed by atoms with van der Waals surface area (Å²) in [6.07, 6.45) is 0. The van der Waals surface area contributed by atoms with E-state index < -0.39 is 17.6 Å². The molecule has 0 unspecified atom stereocenters. The average molecular weight is 327 g/mol. The third-order valence-corrected chi connectivity index (χ3v) is 3.46. The van der Waals surface area contributed by atoms with Gasteiger partial charge in [0.15, 0.2) is 5.69 Å². The van der Waals surface area contributed by atoms with Crippen LogP contribution < -0.4 is 5.32 Å². The minimum Gasteiger partial charge on any atom is -0.388 e. The van der Waals surface area contributed by atoms with Crippen molar-refractivity contribution in [2.24, 2.45) is 0 Å². The number of carbonyl (C=O) groups is 1. The molecule has 1 aromatic heterocycles. The van der Waals surface area contributed by atoms with Crippen LogP contribution in [0.2, 0.25) is 0 Å². The Morgan fingerprint density at radius 1 is 1.25 bits per heavy atom. The first-order valence-electron chi connectivity index (χ1n) is 7.40. The number of nitrogens with one attached hydrogen (secondary N) is 1. The van der Waals surface area contributed by atoms with Crippen molar-refractivity contribution in [2.45, 2.75) is 32.4 Å². The predicted molar refractivity (Wildman–Crippen MR) is 87.6 cm³/mol. The number of aliphatic hydroxyl groups is 1. The monoisotopic (exact) mass is 327 g/mol. The smallest absolute Gasteiger partial charge is 0.272 e. The Kier molecular flexibility index (Phi) is 5.27. The van der Waals surface area contributed by atoms with Gasteiger partial charge in [-0.05, 0) is 57.0 Å². The fourth-order valence-corrected chi connectivity index (χ4v) is 1.67. The van der Waals surface area contributed by atoms with E-state index >= 15 is 0 Å². The van der Waals surface area contributed by atoms with Crippen LogP contribution in [0.15, 0.2) is 36.4 Å². The van der Waals surface area contributed by atoms with Crippen LogP contribution in [0.1, 0.15) is 42.5 Å². The number of nitrogens with zero attached hydrogens (tertiary/aromatic N) is 2. The molecular weight excluding hydrogens is 309 g/mol. The summed E-state index contributed by atoms with van der Waals surface area (Å²) in [7, 11) is 0. The lowest BCUT2D eigenvalue weighted by Gasteiger charge is -2.26. The molecule has 0 radical (unpaired) electrons. The van der Waals surface area contributed by atoms with Crippen LogP contribution in [0.25, 0.3) is 0 Å². The molecule has 0 saturated carbocycles. The lowest BCUT2D eigenvalue weighted by Crippen LogP contribution is -2.47. The third-order valence-electron chi connectivity index (χ3n) is 3.46. The molecule has 0 saturated heterocycles. The van der Waals surface area contributed by atoms with Gasteiger partial charge in [0.1, 0.15) is 11.5 Å². The zero-order valence-electron chi connectivity index (χ0n) is 13.7. The standard InChI is InChI=1S/C18H18FN3O2/c1-12(18(2,3)24)20-17(23)16-10-9-15(21-22-16)8-7-13-5-4-6-14(19)11-13/h4-6,9-12,24H,1-3H3,(H,20,23)/t12-/m1/s1. The number of hydrogen-bond donors (Lipinski definition) is 2. The van der Waals surface area contributed by atoms with Crippen LogP contribution in [-0.4, -0.2) is 32.9 Å². The van der Waals surface area contributed by atoms with Gasteiger partial charge in [-0.1, -0.05) is 12.0 Å². The summed E-state index contributed by atoms with van der Waals surface area (Å²) in [5, 5.41) is 20.2. The molecule has 2 N–H and O–H groups in total. The van der Waals surface area contributed by atoms with E-state index in [2.05, 4.69) is 27.4 Å². The molecule has 6 heteroatoms. The van der Waals surface area contributed by atoms with Gasteiger partial charge in [0.05, 0.1) is 11.6 Å². The van der Waals surface area contributed by atoms with Gasteiger partial charge in [0, 0.05) is 5.56 Å². The largest absolute Gasteiger partial charge is 0.388 e. The van der Waals surface area contributed by atoms with Crippen molar-refractivity contribution in [1.82, 2.24) is 15.5 Å². The molecule has 1 amide bonds. The number of hydrogen-bond acceptors (Lipinski definition) is 4. The second-order valence-corrected chi connectivity index (χ2v) is 5.91. The normalized spacial score (nSPS) is 12.0. The molecule has 0 fully saturated rings. The third kappa shape index (κ3) is 4.86. The average Bonchev–Trinajstić information content (AvgIpc) is 2.52. The van der Waals surface area contributed by atoms with Crippen LogP contribution >= 0.6 is 0 Å². The molecular formula is C18H18FN3O2. The summed E-state index contributed by atoms with van der Waals surface area (Å²) in [5.41, 5.74) is -0.0224. The summed E-state index contributed by atoms with van der Waals surface area (Å²) in [4.78, 5) is 12.0. The quantitative estimate of drug-likeness (QED) is 0.845. The molecule has 1 atom stereocenters. The molecule has 5 nitrogen and oxygen atoms in total. The van der Waals surface area contributed by atoms with Crippen molar-refractivity contribution in [2.75, 3.05) is 0 Å². The van der Waals surface area contributed by atoms with Crippen molar-refractivity contribution < 1.29 is 14.3 Å². The summed E-state index contributed by atoms with van der Waals surface area (Å²) >= 11 is 0. The Bertz CT molecular complexity index is 786. The Morgan fingerprint density at radius 2 is 2.00 bits per heavy atom. The Labute approximate surface area is 139 Å². The Morgan fingerprint density at radius 3 is 2.58 bits per heavy atom. The molecule has 1 heterocycles. The first-order valence-corrected chi connectivity index (χ1v) is 7.40. The highest BCUT2D eigenvalue weighted by atomic mass is 19.1. The van der Waals surface area contributed by atoms with Crippen LogP contribution in [0.3, 0.4) is 0 Å². The second-order valence-electron chi connectivity index (χ2n) is 5.91. The lowest BCUT2D eigenvalue weighted by molar-refractivity contribution is 0.0407. The maximum Gasteiger partial charge on any atom is 0.272 e. The van der Waals surface area contributed by atoms with Crippen molar-refractivity contribution in [1.29, 1.82) is 0 Å². The topological polar surface area (TPSA) is 75.1 Å². The van der Waals surface area contributed by atoms with Crippen molar-refractivity contribution in [3.63, 3.8) is 0 Å². The highest BCUT2D eigenvalue weighted by Crippen LogP contribution is 2.08. The van der Waals surface area contributed by atoms with Gasteiger partial charge in [0.2, 0.25) is 0 Å². The van der Waals surface area contributed by atoms with E-state index in [0.717, 1.165) is 0 Å². The van der Waals surface area contributed by atoms with Crippen LogP contribution in [0, 0.1) is 17.7 Å². The van der Waals surface area contributed by atoms with Gasteiger partial charge in [-0.15, -0.1) is 10.2 Å². The van der Waals surface area contributed by atoms with E-state index in [9.17, 15) is 14.3 Å². The molecule has 124 valence electrons. The summed E-state index contributed by atoms with van der Waals surface area (Å²) in [6.45, 7) is 4.91. The zero-order valence-corrected chi connectivity index (χ0v) is 13.7. The van der Waals surface area contributed by atoms with E-state index in [-0.39, 0.29) is 11.5 Å². The van der Waals surface area contributed by atoms with Crippen molar-refractivity contribution >= 4 is 5.91 Å². The molecule has 0 aliphatic rings. The van der Waals surface area contributed by atoms with Gasteiger partial charge in [-0.3, -0.25) is 4.79 Å². The van der Waals surface area contributed by atoms with Gasteiger partial charge in [-0.25, -0.2) is 4.39 Å². The van der Waals surface area contributed by atoms with E-state index in [1.54, 1.807) is 39.0 Å². The van der Waals surface area contributed by atoms with Crippen LogP contribution in [0.4, 0.5) is 4.39 Å². The molecule has 2 rings (SSSR count). The molecule has 0 aliphatic heterocycles. The fraction of sp³-hybridized carbons (Fsp3) is 0.278. The predicted octanol–water partition coefficient (Wildman–Crippen LogP) is 1.90. The molecule has 0 aliphatic carbocycles. The second kappa shape index (κ2) is 7.20. The van der Waals surface area contributed by atoms with E-state index in [4.69, 9.17) is 0 Å². The number of aromatic nitrogens is 2. The molecule has 0 spiro atoms. The van der Waals surface area contributed by atoms with Gasteiger partial charge in [0.25, 0.3) is 5.91 Å². The van der Waals surface area contributed by atoms with E-state index in [1.165, 1.54) is 18.2 Å². The fourth-order valence-electron chi connectivity index (χ4n) is 1.67. The van der Waals surface area contributed by atoms with Crippen molar-refractivity contribution in [3.05, 3.63) is 59.2 Å². The number of carbonyl (C=O) groups excluding carboxylic acids is 1. The Hall–Kier alpha value is -2.78. The van der Waals surface area contributed by atoms with Crippen LogP contribution in [-0.2, 0) is 0 Å². The molecule has 24 heavy (non-hydrogen) atoms. The van der Waals surface area contributed by atoms with E-state index in [0.29, 0.717) is 11.3 Å². The maximum absolute atomic E-state index is 13.1. The highest BCUT2D eigenvalue weighted by Gasteiger charge is 2.24. The molecule has 0 bridgehead atoms. The number of amides is 1. The number of rotatable bonds is 3. The highest BCUT2D eigenvalue weighted by molar-refractivity contribution is 5.92. The van der Waals surface area contributed by atoms with Crippen molar-refractivity contribution in [3.8, 4) is 11.8 Å². The number of halogens is 1. The number of benzene rings is 1. The van der Waals surface area contributed by atoms with Gasteiger partial charge < -0.3 is 10.4 Å². The zero-order chi connectivity index (χ0) is 17.7. The van der Waals surface area contributed by atoms with Gasteiger partial charge >= 0.3 is 0 Å². The van der Waals surface area contributed by atoms with Crippen LogP contribution in [0.5, 0.6) is 0 Å². The first kappa shape index (κ1) is 17.6. The summed E-state index contributed by atoms with van der Waals surface area (Å²) < 4.78 is 13.1. The minimum absolute atomic E-state index is 0.127. The maximum atomic E-state index is 13.1. The minimum atomic E-state index is -1.04. The lowest BCUT2D eigenvalue weighted by atomic mass is 10.0. The Balaban J connectivity index is 2.07. The summed E-state index contributed by atoms with van der Waals surface area (Å²) in [5.74, 6) is 4.74. The summed E-state index contributed by atoms with van der Waals surface area (Å²) in [6, 6.07) is 8.52. The molecule has 2 aromatic rings. The van der Waals surface area contributed by atoms with Gasteiger partial charge in [-0.2, -0.15) is 0 Å². The van der Waals surface area contributed by atoms with E-state index in [1.807, 2.05) is 0 Å². The molecule has 1 aromatic carbocycles.